The summed E-state index contributed by atoms with van der Waals surface area (Å²) in [5, 5.41) is 24.7. The number of epoxide rings is 1. The average Bonchev–Trinajstić information content (AvgIpc) is 3.25. The van der Waals surface area contributed by atoms with Gasteiger partial charge in [-0.15, -0.1) is 11.3 Å². The first-order valence-electron chi connectivity index (χ1n) is 11.9. The molecule has 1 aromatic rings. The second-order valence-electron chi connectivity index (χ2n) is 10.2. The summed E-state index contributed by atoms with van der Waals surface area (Å²) >= 11 is 1.48. The Morgan fingerprint density at radius 1 is 1.29 bits per heavy atom. The monoisotopic (exact) mass is 495 g/mol. The van der Waals surface area contributed by atoms with E-state index in [0.717, 1.165) is 5.01 Å². The molecule has 0 aliphatic carbocycles. The Kier molecular flexibility index (Phi) is 8.35. The topological polar surface area (TPSA) is 118 Å². The van der Waals surface area contributed by atoms with Crippen LogP contribution >= 0.6 is 11.3 Å². The van der Waals surface area contributed by atoms with E-state index in [1.165, 1.54) is 11.3 Å². The number of fused-ring (bicyclic) bond motifs is 1. The van der Waals surface area contributed by atoms with Gasteiger partial charge in [0.15, 0.2) is 12.2 Å². The normalized spacial score (nSPS) is 36.0. The molecule has 0 spiro atoms. The zero-order chi connectivity index (χ0) is 25.3. The molecule has 0 saturated carbocycles. The van der Waals surface area contributed by atoms with Crippen LogP contribution in [0.15, 0.2) is 11.0 Å². The van der Waals surface area contributed by atoms with E-state index < -0.39 is 35.5 Å². The van der Waals surface area contributed by atoms with Crippen molar-refractivity contribution in [3.63, 3.8) is 0 Å². The SMILES string of the molecule is CC(=Cc1csc(C)n1)C1OC(=O)CCC(C)(C)C(=O)C(C)CC(C)OCCC2OC2(O)C1O. The van der Waals surface area contributed by atoms with E-state index in [1.54, 1.807) is 13.0 Å². The molecule has 3 rings (SSSR count). The van der Waals surface area contributed by atoms with Crippen LogP contribution in [0.2, 0.25) is 0 Å². The molecule has 0 radical (unpaired) electrons. The minimum absolute atomic E-state index is 0.00649. The third kappa shape index (κ3) is 6.31. The number of hydrogen-bond acceptors (Lipinski definition) is 9. The summed E-state index contributed by atoms with van der Waals surface area (Å²) in [7, 11) is 0. The highest BCUT2D eigenvalue weighted by Gasteiger charge is 2.63. The van der Waals surface area contributed by atoms with Crippen LogP contribution in [-0.2, 0) is 23.8 Å². The van der Waals surface area contributed by atoms with Gasteiger partial charge in [0.05, 0.1) is 16.8 Å². The second kappa shape index (κ2) is 10.5. The number of Topliss-reactive ketones (excluding diaryl/α,β-unsaturated/α-hetero) is 1. The van der Waals surface area contributed by atoms with Gasteiger partial charge in [0.2, 0.25) is 5.79 Å². The number of hydrogen-bond donors (Lipinski definition) is 2. The van der Waals surface area contributed by atoms with Gasteiger partial charge in [0.1, 0.15) is 11.9 Å². The first-order chi connectivity index (χ1) is 15.8. The molecule has 2 fully saturated rings. The molecule has 190 valence electrons. The number of cyclic esters (lactones) is 1. The number of carbonyl (C=O) groups excluding carboxylic acids is 2. The molecule has 8 nitrogen and oxygen atoms in total. The number of aliphatic hydroxyl groups excluding tert-OH is 1. The van der Waals surface area contributed by atoms with E-state index in [0.29, 0.717) is 37.1 Å². The number of rotatable bonds is 2. The maximum atomic E-state index is 13.0. The number of aromatic nitrogens is 1. The van der Waals surface area contributed by atoms with Crippen molar-refractivity contribution in [2.45, 2.75) is 97.4 Å². The largest absolute Gasteiger partial charge is 0.455 e. The van der Waals surface area contributed by atoms with Crippen molar-refractivity contribution in [2.24, 2.45) is 11.3 Å². The number of aliphatic hydroxyl groups is 2. The standard InChI is InChI=1S/C25H37NO7S/c1-14(12-18-13-34-17(4)26-18)21-23(29)25(30)19(33-25)8-10-31-16(3)11-15(2)22(28)24(5,6)9-7-20(27)32-21/h12-13,15-16,19,21,23,29-30H,7-11H2,1-6H3. The van der Waals surface area contributed by atoms with Gasteiger partial charge in [0.25, 0.3) is 0 Å². The predicted octanol–water partition coefficient (Wildman–Crippen LogP) is 3.43. The first kappa shape index (κ1) is 26.9. The zero-order valence-corrected chi connectivity index (χ0v) is 21.7. The fourth-order valence-corrected chi connectivity index (χ4v) is 5.13. The Morgan fingerprint density at radius 3 is 2.65 bits per heavy atom. The average molecular weight is 496 g/mol. The van der Waals surface area contributed by atoms with Gasteiger partial charge in [-0.05, 0) is 45.3 Å². The summed E-state index contributed by atoms with van der Waals surface area (Å²) in [6, 6.07) is 0. The van der Waals surface area contributed by atoms with E-state index in [4.69, 9.17) is 14.2 Å². The van der Waals surface area contributed by atoms with Crippen LogP contribution in [0, 0.1) is 18.3 Å². The number of carbonyl (C=O) groups is 2. The fraction of sp³-hybridized carbons (Fsp3) is 0.720. The number of aryl methyl sites for hydroxylation is 1. The number of thiazole rings is 1. The minimum Gasteiger partial charge on any atom is -0.455 e. The molecule has 2 aliphatic heterocycles. The summed E-state index contributed by atoms with van der Waals surface area (Å²) in [6.45, 7) is 11.4. The zero-order valence-electron chi connectivity index (χ0n) is 20.9. The summed E-state index contributed by atoms with van der Waals surface area (Å²) in [4.78, 5) is 30.2. The van der Waals surface area contributed by atoms with Crippen molar-refractivity contribution in [1.29, 1.82) is 0 Å². The summed E-state index contributed by atoms with van der Waals surface area (Å²) in [5.74, 6) is -2.52. The maximum Gasteiger partial charge on any atom is 0.306 e. The van der Waals surface area contributed by atoms with Gasteiger partial charge in [0, 0.05) is 36.2 Å². The Bertz CT molecular complexity index is 926. The molecular weight excluding hydrogens is 458 g/mol. The highest BCUT2D eigenvalue weighted by molar-refractivity contribution is 7.09. The lowest BCUT2D eigenvalue weighted by atomic mass is 9.77. The lowest BCUT2D eigenvalue weighted by molar-refractivity contribution is -0.165. The van der Waals surface area contributed by atoms with Crippen molar-refractivity contribution in [3.05, 3.63) is 21.7 Å². The summed E-state index contributed by atoms with van der Waals surface area (Å²) in [5.41, 5.74) is 0.498. The van der Waals surface area contributed by atoms with E-state index in [-0.39, 0.29) is 24.2 Å². The molecule has 6 atom stereocenters. The highest BCUT2D eigenvalue weighted by atomic mass is 32.1. The van der Waals surface area contributed by atoms with Crippen LogP contribution in [0.1, 0.15) is 71.0 Å². The van der Waals surface area contributed by atoms with Crippen LogP contribution in [0.4, 0.5) is 0 Å². The maximum absolute atomic E-state index is 13.0. The number of nitrogens with zero attached hydrogens (tertiary/aromatic N) is 1. The molecule has 9 heteroatoms. The van der Waals surface area contributed by atoms with Crippen LogP contribution in [0.3, 0.4) is 0 Å². The molecule has 2 aliphatic rings. The van der Waals surface area contributed by atoms with Crippen molar-refractivity contribution in [1.82, 2.24) is 4.98 Å². The fourth-order valence-electron chi connectivity index (χ4n) is 4.56. The first-order valence-corrected chi connectivity index (χ1v) is 12.8. The van der Waals surface area contributed by atoms with Crippen LogP contribution < -0.4 is 0 Å². The molecule has 1 aromatic heterocycles. The highest BCUT2D eigenvalue weighted by Crippen LogP contribution is 2.42. The van der Waals surface area contributed by atoms with Crippen LogP contribution in [-0.4, -0.2) is 63.8 Å². The third-order valence-corrected chi connectivity index (χ3v) is 7.49. The van der Waals surface area contributed by atoms with Gasteiger partial charge in [-0.3, -0.25) is 9.59 Å². The van der Waals surface area contributed by atoms with Gasteiger partial charge < -0.3 is 24.4 Å². The van der Waals surface area contributed by atoms with E-state index in [9.17, 15) is 19.8 Å². The second-order valence-corrected chi connectivity index (χ2v) is 11.3. The molecule has 34 heavy (non-hydrogen) atoms. The van der Waals surface area contributed by atoms with Gasteiger partial charge in [-0.2, -0.15) is 0 Å². The van der Waals surface area contributed by atoms with E-state index in [1.807, 2.05) is 40.0 Å². The van der Waals surface area contributed by atoms with Gasteiger partial charge in [-0.1, -0.05) is 20.8 Å². The van der Waals surface area contributed by atoms with Gasteiger partial charge in [-0.25, -0.2) is 4.98 Å². The van der Waals surface area contributed by atoms with Crippen LogP contribution in [0.25, 0.3) is 6.08 Å². The molecule has 0 bridgehead atoms. The quantitative estimate of drug-likeness (QED) is 0.473. The van der Waals surface area contributed by atoms with Crippen molar-refractivity contribution in [3.8, 4) is 0 Å². The lowest BCUT2D eigenvalue weighted by Gasteiger charge is -2.29. The Balaban J connectivity index is 1.85. The molecular formula is C25H37NO7S. The van der Waals surface area contributed by atoms with E-state index >= 15 is 0 Å². The predicted molar refractivity (Wildman–Crippen MR) is 128 cm³/mol. The number of esters is 1. The molecule has 3 heterocycles. The van der Waals surface area contributed by atoms with Crippen molar-refractivity contribution >= 4 is 29.2 Å². The van der Waals surface area contributed by atoms with Crippen molar-refractivity contribution in [2.75, 3.05) is 6.61 Å². The Hall–Kier alpha value is -1.65. The van der Waals surface area contributed by atoms with Crippen LogP contribution in [0.5, 0.6) is 0 Å². The molecule has 6 unspecified atom stereocenters. The summed E-state index contributed by atoms with van der Waals surface area (Å²) < 4.78 is 17.0. The van der Waals surface area contributed by atoms with E-state index in [2.05, 4.69) is 4.98 Å². The third-order valence-electron chi connectivity index (χ3n) is 6.70. The smallest absolute Gasteiger partial charge is 0.306 e. The summed E-state index contributed by atoms with van der Waals surface area (Å²) in [6.07, 6.45) is -0.443. The molecule has 0 aromatic carbocycles. The lowest BCUT2D eigenvalue weighted by Crippen LogP contribution is -2.45. The Morgan fingerprint density at radius 2 is 2.00 bits per heavy atom. The Labute approximate surface area is 205 Å². The number of ether oxygens (including phenoxy) is 3. The molecule has 2 N–H and O–H groups in total. The van der Waals surface area contributed by atoms with Crippen molar-refractivity contribution < 1.29 is 34.0 Å². The minimum atomic E-state index is -1.83. The van der Waals surface area contributed by atoms with Gasteiger partial charge >= 0.3 is 5.97 Å². The molecule has 0 amide bonds. The molecule has 2 saturated heterocycles. The number of ketones is 1.